The molecule has 118 valence electrons. The van der Waals surface area contributed by atoms with E-state index >= 15 is 0 Å². The van der Waals surface area contributed by atoms with Gasteiger partial charge in [0.05, 0.1) is 17.2 Å². The zero-order valence-corrected chi connectivity index (χ0v) is 14.2. The van der Waals surface area contributed by atoms with Crippen LogP contribution in [-0.2, 0) is 22.3 Å². The molecule has 5 heteroatoms. The highest BCUT2D eigenvalue weighted by Crippen LogP contribution is 2.23. The molecule has 0 amide bonds. The molecule has 0 bridgehead atoms. The third kappa shape index (κ3) is 3.89. The number of nitrogens with zero attached hydrogens (tertiary/aromatic N) is 1. The SMILES string of the molecule is Cc1oc(-c2ccccc2)nc1CS(=O)Cc1ccccc1Cl. The van der Waals surface area contributed by atoms with E-state index in [-0.39, 0.29) is 0 Å². The van der Waals surface area contributed by atoms with Crippen LogP contribution in [0.25, 0.3) is 11.5 Å². The summed E-state index contributed by atoms with van der Waals surface area (Å²) in [6, 6.07) is 17.2. The highest BCUT2D eigenvalue weighted by atomic mass is 35.5. The number of rotatable bonds is 5. The van der Waals surface area contributed by atoms with Crippen LogP contribution >= 0.6 is 11.6 Å². The second-order valence-corrected chi connectivity index (χ2v) is 7.07. The van der Waals surface area contributed by atoms with Crippen molar-refractivity contribution in [3.8, 4) is 11.5 Å². The van der Waals surface area contributed by atoms with Gasteiger partial charge in [-0.1, -0.05) is 48.0 Å². The van der Waals surface area contributed by atoms with E-state index in [0.29, 0.717) is 28.2 Å². The molecule has 0 aliphatic carbocycles. The Labute approximate surface area is 142 Å². The maximum Gasteiger partial charge on any atom is 0.226 e. The second kappa shape index (κ2) is 7.11. The van der Waals surface area contributed by atoms with Crippen molar-refractivity contribution >= 4 is 22.4 Å². The zero-order chi connectivity index (χ0) is 16.2. The Morgan fingerprint density at radius 3 is 2.48 bits per heavy atom. The lowest BCUT2D eigenvalue weighted by Gasteiger charge is -2.03. The van der Waals surface area contributed by atoms with Crippen LogP contribution < -0.4 is 0 Å². The van der Waals surface area contributed by atoms with Crippen molar-refractivity contribution < 1.29 is 8.63 Å². The first-order valence-corrected chi connectivity index (χ1v) is 9.10. The van der Waals surface area contributed by atoms with Crippen LogP contribution in [0.3, 0.4) is 0 Å². The Morgan fingerprint density at radius 2 is 1.74 bits per heavy atom. The van der Waals surface area contributed by atoms with Gasteiger partial charge < -0.3 is 4.42 Å². The number of hydrogen-bond donors (Lipinski definition) is 0. The number of hydrogen-bond acceptors (Lipinski definition) is 3. The topological polar surface area (TPSA) is 43.1 Å². The number of aryl methyl sites for hydroxylation is 1. The fourth-order valence-electron chi connectivity index (χ4n) is 2.26. The van der Waals surface area contributed by atoms with Gasteiger partial charge in [0, 0.05) is 21.4 Å². The van der Waals surface area contributed by atoms with E-state index in [4.69, 9.17) is 16.0 Å². The van der Waals surface area contributed by atoms with Gasteiger partial charge in [-0.25, -0.2) is 4.98 Å². The quantitative estimate of drug-likeness (QED) is 0.670. The highest BCUT2D eigenvalue weighted by molar-refractivity contribution is 7.83. The number of aromatic nitrogens is 1. The van der Waals surface area contributed by atoms with Crippen LogP contribution in [0.5, 0.6) is 0 Å². The molecule has 1 atom stereocenters. The van der Waals surface area contributed by atoms with Crippen LogP contribution in [0.15, 0.2) is 59.0 Å². The molecule has 23 heavy (non-hydrogen) atoms. The summed E-state index contributed by atoms with van der Waals surface area (Å²) in [5, 5.41) is 0.641. The summed E-state index contributed by atoms with van der Waals surface area (Å²) in [7, 11) is -1.09. The molecule has 3 nitrogen and oxygen atoms in total. The van der Waals surface area contributed by atoms with Gasteiger partial charge in [0.2, 0.25) is 5.89 Å². The maximum atomic E-state index is 12.4. The molecular weight excluding hydrogens is 330 g/mol. The second-order valence-electron chi connectivity index (χ2n) is 5.21. The average molecular weight is 346 g/mol. The molecule has 0 saturated heterocycles. The van der Waals surface area contributed by atoms with Crippen molar-refractivity contribution in [2.24, 2.45) is 0 Å². The lowest BCUT2D eigenvalue weighted by Crippen LogP contribution is -2.01. The van der Waals surface area contributed by atoms with Crippen molar-refractivity contribution in [2.75, 3.05) is 0 Å². The fourth-order valence-corrected chi connectivity index (χ4v) is 3.81. The highest BCUT2D eigenvalue weighted by Gasteiger charge is 2.14. The van der Waals surface area contributed by atoms with Crippen LogP contribution in [0, 0.1) is 6.92 Å². The molecule has 0 N–H and O–H groups in total. The number of oxazole rings is 1. The van der Waals surface area contributed by atoms with E-state index in [0.717, 1.165) is 16.8 Å². The molecule has 1 unspecified atom stereocenters. The minimum atomic E-state index is -1.09. The monoisotopic (exact) mass is 345 g/mol. The molecule has 3 rings (SSSR count). The van der Waals surface area contributed by atoms with Crippen molar-refractivity contribution in [1.82, 2.24) is 4.98 Å². The van der Waals surface area contributed by atoms with Gasteiger partial charge in [0.1, 0.15) is 5.76 Å². The number of benzene rings is 2. The Balaban J connectivity index is 1.74. The first-order valence-electron chi connectivity index (χ1n) is 7.23. The van der Waals surface area contributed by atoms with Gasteiger partial charge in [-0.3, -0.25) is 4.21 Å². The molecule has 0 radical (unpaired) electrons. The molecule has 0 aliphatic rings. The molecule has 0 aliphatic heterocycles. The summed E-state index contributed by atoms with van der Waals surface area (Å²) in [6.45, 7) is 1.85. The van der Waals surface area contributed by atoms with E-state index in [1.165, 1.54) is 0 Å². The molecule has 0 saturated carbocycles. The molecule has 1 aromatic heterocycles. The van der Waals surface area contributed by atoms with E-state index in [9.17, 15) is 4.21 Å². The van der Waals surface area contributed by atoms with Crippen molar-refractivity contribution in [3.63, 3.8) is 0 Å². The molecule has 0 fully saturated rings. The van der Waals surface area contributed by atoms with Crippen LogP contribution in [0.2, 0.25) is 5.02 Å². The van der Waals surface area contributed by atoms with Gasteiger partial charge >= 0.3 is 0 Å². The van der Waals surface area contributed by atoms with Gasteiger partial charge in [-0.15, -0.1) is 0 Å². The van der Waals surface area contributed by atoms with Crippen molar-refractivity contribution in [3.05, 3.63) is 76.6 Å². The number of halogens is 1. The molecule has 3 aromatic rings. The lowest BCUT2D eigenvalue weighted by atomic mass is 10.2. The maximum absolute atomic E-state index is 12.4. The summed E-state index contributed by atoms with van der Waals surface area (Å²) < 4.78 is 18.1. The minimum absolute atomic E-state index is 0.355. The lowest BCUT2D eigenvalue weighted by molar-refractivity contribution is 0.540. The Kier molecular flexibility index (Phi) is 4.94. The summed E-state index contributed by atoms with van der Waals surface area (Å²) >= 11 is 6.12. The van der Waals surface area contributed by atoms with Gasteiger partial charge in [-0.05, 0) is 30.7 Å². The first kappa shape index (κ1) is 16.0. The summed E-state index contributed by atoms with van der Waals surface area (Å²) in [6.07, 6.45) is 0. The smallest absolute Gasteiger partial charge is 0.226 e. The van der Waals surface area contributed by atoms with Crippen molar-refractivity contribution in [2.45, 2.75) is 18.4 Å². The van der Waals surface area contributed by atoms with Gasteiger partial charge in [0.15, 0.2) is 0 Å². The first-order chi connectivity index (χ1) is 11.1. The van der Waals surface area contributed by atoms with Crippen LogP contribution in [-0.4, -0.2) is 9.19 Å². The van der Waals surface area contributed by atoms with Crippen LogP contribution in [0.4, 0.5) is 0 Å². The largest absolute Gasteiger partial charge is 0.441 e. The molecule has 1 heterocycles. The standard InChI is InChI=1S/C18H16ClNO2S/c1-13-17(20-18(22-13)14-7-3-2-4-8-14)12-23(21)11-15-9-5-6-10-16(15)19/h2-10H,11-12H2,1H3. The summed E-state index contributed by atoms with van der Waals surface area (Å²) in [4.78, 5) is 4.49. The Bertz CT molecular complexity index is 830. The molecule has 2 aromatic carbocycles. The van der Waals surface area contributed by atoms with Crippen LogP contribution in [0.1, 0.15) is 17.0 Å². The van der Waals surface area contributed by atoms with E-state index in [1.54, 1.807) is 0 Å². The third-order valence-corrected chi connectivity index (χ3v) is 5.08. The van der Waals surface area contributed by atoms with E-state index < -0.39 is 10.8 Å². The zero-order valence-electron chi connectivity index (χ0n) is 12.7. The van der Waals surface area contributed by atoms with Gasteiger partial charge in [0.25, 0.3) is 0 Å². The van der Waals surface area contributed by atoms with E-state index in [2.05, 4.69) is 4.98 Å². The third-order valence-electron chi connectivity index (χ3n) is 3.49. The fraction of sp³-hybridized carbons (Fsp3) is 0.167. The normalized spacial score (nSPS) is 12.3. The summed E-state index contributed by atoms with van der Waals surface area (Å²) in [5.74, 6) is 2.03. The Hall–Kier alpha value is -1.91. The van der Waals surface area contributed by atoms with Gasteiger partial charge in [-0.2, -0.15) is 0 Å². The minimum Gasteiger partial charge on any atom is -0.441 e. The predicted octanol–water partition coefficient (Wildman–Crippen LogP) is 4.75. The average Bonchev–Trinajstić information content (AvgIpc) is 2.91. The van der Waals surface area contributed by atoms with Crippen molar-refractivity contribution in [1.29, 1.82) is 0 Å². The predicted molar refractivity (Wildman–Crippen MR) is 93.7 cm³/mol. The van der Waals surface area contributed by atoms with E-state index in [1.807, 2.05) is 61.5 Å². The summed E-state index contributed by atoms with van der Waals surface area (Å²) in [5.41, 5.74) is 2.53. The molecule has 0 spiro atoms. The molecular formula is C18H16ClNO2S. The Morgan fingerprint density at radius 1 is 1.04 bits per heavy atom.